The lowest BCUT2D eigenvalue weighted by Gasteiger charge is -2.22. The third-order valence-corrected chi connectivity index (χ3v) is 5.45. The lowest BCUT2D eigenvalue weighted by molar-refractivity contribution is 0.590. The predicted molar refractivity (Wildman–Crippen MR) is 126 cm³/mol. The van der Waals surface area contributed by atoms with Crippen LogP contribution >= 0.6 is 0 Å². The van der Waals surface area contributed by atoms with Gasteiger partial charge >= 0.3 is 0 Å². The summed E-state index contributed by atoms with van der Waals surface area (Å²) in [5.41, 5.74) is 9.14. The molecule has 0 saturated heterocycles. The average Bonchev–Trinajstić information content (AvgIpc) is 2.79. The molecule has 0 atom stereocenters. The average molecular weight is 388 g/mol. The zero-order valence-electron chi connectivity index (χ0n) is 17.7. The minimum absolute atomic E-state index is 0.0667. The summed E-state index contributed by atoms with van der Waals surface area (Å²) >= 11 is 0. The molecule has 0 bridgehead atoms. The zero-order valence-corrected chi connectivity index (χ0v) is 17.7. The smallest absolute Gasteiger partial charge is 0.0991 e. The second-order valence-electron chi connectivity index (χ2n) is 8.69. The van der Waals surface area contributed by atoms with Crippen molar-refractivity contribution >= 4 is 0 Å². The van der Waals surface area contributed by atoms with E-state index >= 15 is 0 Å². The van der Waals surface area contributed by atoms with E-state index in [1.807, 2.05) is 24.3 Å². The van der Waals surface area contributed by atoms with Gasteiger partial charge in [0.25, 0.3) is 0 Å². The first-order valence-electron chi connectivity index (χ1n) is 10.3. The highest BCUT2D eigenvalue weighted by Gasteiger charge is 2.16. The monoisotopic (exact) mass is 387 g/mol. The molecule has 0 aliphatic rings. The molecular formula is C29H25N. The first kappa shape index (κ1) is 19.7. The van der Waals surface area contributed by atoms with Crippen molar-refractivity contribution in [2.45, 2.75) is 26.2 Å². The topological polar surface area (TPSA) is 23.8 Å². The zero-order chi connectivity index (χ0) is 21.1. The molecule has 0 radical (unpaired) electrons. The van der Waals surface area contributed by atoms with Crippen LogP contribution in [0.25, 0.3) is 33.4 Å². The minimum atomic E-state index is 0.0667. The summed E-state index contributed by atoms with van der Waals surface area (Å²) in [6.07, 6.45) is 0. The normalized spacial score (nSPS) is 11.1. The summed E-state index contributed by atoms with van der Waals surface area (Å²) in [4.78, 5) is 0. The Bertz CT molecular complexity index is 1200. The van der Waals surface area contributed by atoms with Gasteiger partial charge in [0.2, 0.25) is 0 Å². The van der Waals surface area contributed by atoms with Crippen LogP contribution in [0.2, 0.25) is 0 Å². The molecule has 4 aromatic rings. The molecule has 0 saturated carbocycles. The highest BCUT2D eigenvalue weighted by Crippen LogP contribution is 2.34. The standard InChI is InChI=1S/C29H25N/c1-29(2,3)28-18-26(22-9-5-4-6-10-22)17-27(19-28)24-14-12-23(13-15-24)25-11-7-8-21(16-25)20-30/h4-19H,1-3H3. The Morgan fingerprint density at radius 3 is 1.63 bits per heavy atom. The first-order valence-corrected chi connectivity index (χ1v) is 10.3. The Labute approximate surface area is 179 Å². The Balaban J connectivity index is 1.77. The van der Waals surface area contributed by atoms with Crippen molar-refractivity contribution in [2.24, 2.45) is 0 Å². The number of hydrogen-bond donors (Lipinski definition) is 0. The van der Waals surface area contributed by atoms with E-state index in [2.05, 4.69) is 99.6 Å². The van der Waals surface area contributed by atoms with E-state index in [4.69, 9.17) is 5.26 Å². The maximum Gasteiger partial charge on any atom is 0.0991 e. The molecule has 146 valence electrons. The number of nitriles is 1. The van der Waals surface area contributed by atoms with Crippen molar-refractivity contribution in [3.05, 3.63) is 108 Å². The van der Waals surface area contributed by atoms with Gasteiger partial charge in [-0.25, -0.2) is 0 Å². The first-order chi connectivity index (χ1) is 14.4. The van der Waals surface area contributed by atoms with E-state index in [1.54, 1.807) is 0 Å². The number of benzene rings is 4. The summed E-state index contributed by atoms with van der Waals surface area (Å²) in [6, 6.07) is 36.0. The van der Waals surface area contributed by atoms with Crippen LogP contribution in [-0.2, 0) is 5.41 Å². The number of rotatable bonds is 3. The van der Waals surface area contributed by atoms with Crippen molar-refractivity contribution < 1.29 is 0 Å². The second-order valence-corrected chi connectivity index (χ2v) is 8.69. The van der Waals surface area contributed by atoms with Gasteiger partial charge in [-0.3, -0.25) is 0 Å². The van der Waals surface area contributed by atoms with Gasteiger partial charge in [0.15, 0.2) is 0 Å². The lowest BCUT2D eigenvalue weighted by Crippen LogP contribution is -2.11. The quantitative estimate of drug-likeness (QED) is 0.351. The minimum Gasteiger partial charge on any atom is -0.192 e. The van der Waals surface area contributed by atoms with Gasteiger partial charge in [-0.15, -0.1) is 0 Å². The van der Waals surface area contributed by atoms with Crippen LogP contribution in [0.1, 0.15) is 31.9 Å². The third kappa shape index (κ3) is 4.19. The molecule has 4 rings (SSSR count). The van der Waals surface area contributed by atoms with Crippen molar-refractivity contribution in [1.29, 1.82) is 5.26 Å². The summed E-state index contributed by atoms with van der Waals surface area (Å²) in [7, 11) is 0. The van der Waals surface area contributed by atoms with Gasteiger partial charge in [0.05, 0.1) is 11.6 Å². The van der Waals surface area contributed by atoms with Crippen LogP contribution in [0.5, 0.6) is 0 Å². The Hall–Kier alpha value is -3.63. The molecular weight excluding hydrogens is 362 g/mol. The van der Waals surface area contributed by atoms with Gasteiger partial charge in [-0.2, -0.15) is 5.26 Å². The van der Waals surface area contributed by atoms with Gasteiger partial charge in [-0.1, -0.05) is 99.6 Å². The van der Waals surface area contributed by atoms with Gasteiger partial charge < -0.3 is 0 Å². The molecule has 0 amide bonds. The third-order valence-electron chi connectivity index (χ3n) is 5.45. The summed E-state index contributed by atoms with van der Waals surface area (Å²) in [6.45, 7) is 6.77. The SMILES string of the molecule is CC(C)(C)c1cc(-c2ccccc2)cc(-c2ccc(-c3cccc(C#N)c3)cc2)c1. The van der Waals surface area contributed by atoms with Gasteiger partial charge in [-0.05, 0) is 62.6 Å². The largest absolute Gasteiger partial charge is 0.192 e. The van der Waals surface area contributed by atoms with Crippen LogP contribution in [0.15, 0.2) is 97.1 Å². The molecule has 0 aromatic heterocycles. The fourth-order valence-electron chi connectivity index (χ4n) is 3.65. The molecule has 30 heavy (non-hydrogen) atoms. The molecule has 1 heteroatoms. The molecule has 0 aliphatic carbocycles. The van der Waals surface area contributed by atoms with E-state index in [0.717, 1.165) is 11.1 Å². The van der Waals surface area contributed by atoms with Gasteiger partial charge in [0, 0.05) is 0 Å². The van der Waals surface area contributed by atoms with Crippen LogP contribution in [-0.4, -0.2) is 0 Å². The maximum atomic E-state index is 9.16. The van der Waals surface area contributed by atoms with E-state index in [-0.39, 0.29) is 5.41 Å². The van der Waals surface area contributed by atoms with Crippen LogP contribution in [0.3, 0.4) is 0 Å². The van der Waals surface area contributed by atoms with Gasteiger partial charge in [0.1, 0.15) is 0 Å². The van der Waals surface area contributed by atoms with Crippen molar-refractivity contribution in [2.75, 3.05) is 0 Å². The molecule has 0 heterocycles. The van der Waals surface area contributed by atoms with Crippen LogP contribution in [0, 0.1) is 11.3 Å². The van der Waals surface area contributed by atoms with E-state index < -0.39 is 0 Å². The molecule has 1 nitrogen and oxygen atoms in total. The summed E-state index contributed by atoms with van der Waals surface area (Å²) < 4.78 is 0. The van der Waals surface area contributed by atoms with Crippen molar-refractivity contribution in [1.82, 2.24) is 0 Å². The Morgan fingerprint density at radius 1 is 0.533 bits per heavy atom. The number of nitrogens with zero attached hydrogens (tertiary/aromatic N) is 1. The molecule has 4 aromatic carbocycles. The summed E-state index contributed by atoms with van der Waals surface area (Å²) in [5.74, 6) is 0. The highest BCUT2D eigenvalue weighted by molar-refractivity contribution is 5.76. The van der Waals surface area contributed by atoms with E-state index in [9.17, 15) is 0 Å². The molecule has 0 N–H and O–H groups in total. The molecule has 0 fully saturated rings. The lowest BCUT2D eigenvalue weighted by atomic mass is 9.83. The molecule has 0 aliphatic heterocycles. The number of hydrogen-bond acceptors (Lipinski definition) is 1. The fourth-order valence-corrected chi connectivity index (χ4v) is 3.65. The second kappa shape index (κ2) is 8.01. The van der Waals surface area contributed by atoms with E-state index in [1.165, 1.54) is 27.8 Å². The maximum absolute atomic E-state index is 9.16. The highest BCUT2D eigenvalue weighted by atomic mass is 14.2. The Morgan fingerprint density at radius 2 is 1.07 bits per heavy atom. The van der Waals surface area contributed by atoms with Crippen LogP contribution < -0.4 is 0 Å². The van der Waals surface area contributed by atoms with E-state index in [0.29, 0.717) is 5.56 Å². The van der Waals surface area contributed by atoms with Crippen molar-refractivity contribution in [3.63, 3.8) is 0 Å². The van der Waals surface area contributed by atoms with Crippen LogP contribution in [0.4, 0.5) is 0 Å². The fraction of sp³-hybridized carbons (Fsp3) is 0.138. The predicted octanol–water partition coefficient (Wildman–Crippen LogP) is 7.86. The summed E-state index contributed by atoms with van der Waals surface area (Å²) in [5, 5.41) is 9.16. The Kier molecular flexibility index (Phi) is 5.25. The van der Waals surface area contributed by atoms with Crippen molar-refractivity contribution in [3.8, 4) is 39.4 Å². The molecule has 0 spiro atoms. The molecule has 0 unspecified atom stereocenters.